The van der Waals surface area contributed by atoms with E-state index in [0.29, 0.717) is 17.0 Å². The van der Waals surface area contributed by atoms with Crippen molar-refractivity contribution in [2.24, 2.45) is 0 Å². The summed E-state index contributed by atoms with van der Waals surface area (Å²) in [4.78, 5) is 20.6. The molecule has 1 aliphatic carbocycles. The SMILES string of the molecule is Cc1ncccc1C(=O)NC1CCC(Oc2ccc(C#N)cn2)CC1. The van der Waals surface area contributed by atoms with Gasteiger partial charge in [-0.1, -0.05) is 0 Å². The number of ether oxygens (including phenoxy) is 1. The molecule has 6 heteroatoms. The van der Waals surface area contributed by atoms with E-state index in [1.165, 1.54) is 6.20 Å². The standard InChI is InChI=1S/C19H20N4O2/c1-13-17(3-2-10-21-13)19(24)23-15-5-7-16(8-6-15)25-18-9-4-14(11-20)12-22-18/h2-4,9-10,12,15-16H,5-8H2,1H3,(H,23,24). The quantitative estimate of drug-likeness (QED) is 0.927. The number of carbonyl (C=O) groups is 1. The molecule has 1 N–H and O–H groups in total. The van der Waals surface area contributed by atoms with Gasteiger partial charge in [0.2, 0.25) is 5.88 Å². The molecule has 25 heavy (non-hydrogen) atoms. The number of aryl methyl sites for hydroxylation is 1. The van der Waals surface area contributed by atoms with Crippen LogP contribution in [0, 0.1) is 18.3 Å². The topological polar surface area (TPSA) is 87.9 Å². The smallest absolute Gasteiger partial charge is 0.253 e. The molecule has 2 aromatic rings. The zero-order chi connectivity index (χ0) is 17.6. The van der Waals surface area contributed by atoms with Crippen LogP contribution in [0.25, 0.3) is 0 Å². The van der Waals surface area contributed by atoms with Crippen LogP contribution in [0.3, 0.4) is 0 Å². The minimum absolute atomic E-state index is 0.0660. The molecule has 2 aromatic heterocycles. The molecule has 0 aliphatic heterocycles. The van der Waals surface area contributed by atoms with Crippen molar-refractivity contribution in [1.29, 1.82) is 5.26 Å². The molecule has 0 bridgehead atoms. The summed E-state index contributed by atoms with van der Waals surface area (Å²) in [5.74, 6) is 0.473. The van der Waals surface area contributed by atoms with Gasteiger partial charge in [-0.25, -0.2) is 4.98 Å². The van der Waals surface area contributed by atoms with Gasteiger partial charge in [0, 0.05) is 30.2 Å². The van der Waals surface area contributed by atoms with Crippen LogP contribution in [-0.2, 0) is 0 Å². The van der Waals surface area contributed by atoms with E-state index >= 15 is 0 Å². The number of hydrogen-bond acceptors (Lipinski definition) is 5. The molecule has 1 amide bonds. The molecule has 6 nitrogen and oxygen atoms in total. The first-order valence-corrected chi connectivity index (χ1v) is 8.41. The number of pyridine rings is 2. The Morgan fingerprint density at radius 1 is 1.24 bits per heavy atom. The monoisotopic (exact) mass is 336 g/mol. The van der Waals surface area contributed by atoms with Gasteiger partial charge >= 0.3 is 0 Å². The number of nitrogens with one attached hydrogen (secondary N) is 1. The Hall–Kier alpha value is -2.94. The fourth-order valence-electron chi connectivity index (χ4n) is 3.00. The molecule has 3 rings (SSSR count). The third-order valence-corrected chi connectivity index (χ3v) is 4.41. The lowest BCUT2D eigenvalue weighted by molar-refractivity contribution is 0.0889. The third-order valence-electron chi connectivity index (χ3n) is 4.41. The first kappa shape index (κ1) is 16.9. The van der Waals surface area contributed by atoms with Crippen molar-refractivity contribution in [3.63, 3.8) is 0 Å². The molecule has 0 spiro atoms. The predicted molar refractivity (Wildman–Crippen MR) is 92.1 cm³/mol. The van der Waals surface area contributed by atoms with Gasteiger partial charge in [-0.05, 0) is 50.8 Å². The van der Waals surface area contributed by atoms with Crippen LogP contribution in [0.2, 0.25) is 0 Å². The molecule has 0 unspecified atom stereocenters. The van der Waals surface area contributed by atoms with Gasteiger partial charge in [0.15, 0.2) is 0 Å². The second-order valence-electron chi connectivity index (χ2n) is 6.20. The van der Waals surface area contributed by atoms with Crippen LogP contribution < -0.4 is 10.1 Å². The van der Waals surface area contributed by atoms with E-state index in [9.17, 15) is 4.79 Å². The van der Waals surface area contributed by atoms with E-state index in [2.05, 4.69) is 15.3 Å². The van der Waals surface area contributed by atoms with Gasteiger partial charge < -0.3 is 10.1 Å². The van der Waals surface area contributed by atoms with Crippen molar-refractivity contribution in [1.82, 2.24) is 15.3 Å². The number of hydrogen-bond donors (Lipinski definition) is 1. The van der Waals surface area contributed by atoms with Crippen LogP contribution in [0.4, 0.5) is 0 Å². The maximum atomic E-state index is 12.3. The third kappa shape index (κ3) is 4.32. The van der Waals surface area contributed by atoms with E-state index < -0.39 is 0 Å². The lowest BCUT2D eigenvalue weighted by Gasteiger charge is -2.29. The first-order valence-electron chi connectivity index (χ1n) is 8.41. The van der Waals surface area contributed by atoms with Gasteiger partial charge in [0.25, 0.3) is 5.91 Å². The van der Waals surface area contributed by atoms with E-state index in [4.69, 9.17) is 10.00 Å². The number of aromatic nitrogens is 2. The lowest BCUT2D eigenvalue weighted by Crippen LogP contribution is -2.40. The normalized spacial score (nSPS) is 19.7. The predicted octanol–water partition coefficient (Wildman–Crippen LogP) is 2.78. The number of nitrogens with zero attached hydrogens (tertiary/aromatic N) is 3. The Labute approximate surface area is 146 Å². The van der Waals surface area contributed by atoms with Crippen molar-refractivity contribution in [3.8, 4) is 11.9 Å². The molecule has 128 valence electrons. The van der Waals surface area contributed by atoms with E-state index in [1.54, 1.807) is 30.5 Å². The van der Waals surface area contributed by atoms with Crippen LogP contribution in [-0.4, -0.2) is 28.0 Å². The average molecular weight is 336 g/mol. The number of nitriles is 1. The summed E-state index contributed by atoms with van der Waals surface area (Å²) in [6.45, 7) is 1.84. The van der Waals surface area contributed by atoms with Gasteiger partial charge in [-0.3, -0.25) is 9.78 Å². The van der Waals surface area contributed by atoms with Gasteiger partial charge in [0.1, 0.15) is 12.2 Å². The van der Waals surface area contributed by atoms with E-state index in [0.717, 1.165) is 31.4 Å². The minimum Gasteiger partial charge on any atom is -0.474 e. The zero-order valence-corrected chi connectivity index (χ0v) is 14.1. The fraction of sp³-hybridized carbons (Fsp3) is 0.368. The largest absolute Gasteiger partial charge is 0.474 e. The van der Waals surface area contributed by atoms with Crippen LogP contribution in [0.5, 0.6) is 5.88 Å². The highest BCUT2D eigenvalue weighted by molar-refractivity contribution is 5.95. The summed E-state index contributed by atoms with van der Waals surface area (Å²) in [7, 11) is 0. The van der Waals surface area contributed by atoms with Gasteiger partial charge in [0.05, 0.1) is 11.1 Å². The van der Waals surface area contributed by atoms with Crippen molar-refractivity contribution in [3.05, 3.63) is 53.5 Å². The number of rotatable bonds is 4. The van der Waals surface area contributed by atoms with Crippen LogP contribution >= 0.6 is 0 Å². The molecule has 0 saturated heterocycles. The lowest BCUT2D eigenvalue weighted by atomic mass is 9.92. The first-order chi connectivity index (χ1) is 12.2. The maximum Gasteiger partial charge on any atom is 0.253 e. The Morgan fingerprint density at radius 2 is 2.04 bits per heavy atom. The Morgan fingerprint density at radius 3 is 2.68 bits per heavy atom. The number of carbonyl (C=O) groups excluding carboxylic acids is 1. The Bertz CT molecular complexity index is 775. The Kier molecular flexibility index (Phi) is 5.24. The maximum absolute atomic E-state index is 12.3. The van der Waals surface area contributed by atoms with Crippen LogP contribution in [0.15, 0.2) is 36.7 Å². The Balaban J connectivity index is 1.49. The van der Waals surface area contributed by atoms with Crippen molar-refractivity contribution >= 4 is 5.91 Å². The molecular weight excluding hydrogens is 316 g/mol. The summed E-state index contributed by atoms with van der Waals surface area (Å²) < 4.78 is 5.87. The van der Waals surface area contributed by atoms with E-state index in [-0.39, 0.29) is 18.1 Å². The summed E-state index contributed by atoms with van der Waals surface area (Å²) in [6.07, 6.45) is 6.74. The summed E-state index contributed by atoms with van der Waals surface area (Å²) >= 11 is 0. The molecule has 0 atom stereocenters. The van der Waals surface area contributed by atoms with Crippen molar-refractivity contribution < 1.29 is 9.53 Å². The molecule has 1 saturated carbocycles. The highest BCUT2D eigenvalue weighted by Crippen LogP contribution is 2.23. The number of amides is 1. The molecular formula is C19H20N4O2. The van der Waals surface area contributed by atoms with Gasteiger partial charge in [-0.2, -0.15) is 5.26 Å². The van der Waals surface area contributed by atoms with Crippen molar-refractivity contribution in [2.75, 3.05) is 0 Å². The summed E-state index contributed by atoms with van der Waals surface area (Å²) in [5.41, 5.74) is 1.89. The molecule has 0 radical (unpaired) electrons. The van der Waals surface area contributed by atoms with Crippen molar-refractivity contribution in [2.45, 2.75) is 44.8 Å². The zero-order valence-electron chi connectivity index (χ0n) is 14.1. The molecule has 0 aromatic carbocycles. The van der Waals surface area contributed by atoms with E-state index in [1.807, 2.05) is 13.0 Å². The second kappa shape index (κ2) is 7.75. The second-order valence-corrected chi connectivity index (χ2v) is 6.20. The summed E-state index contributed by atoms with van der Waals surface area (Å²) in [5, 5.41) is 11.9. The fourth-order valence-corrected chi connectivity index (χ4v) is 3.00. The highest BCUT2D eigenvalue weighted by atomic mass is 16.5. The average Bonchev–Trinajstić information content (AvgIpc) is 2.64. The molecule has 2 heterocycles. The molecule has 1 aliphatic rings. The van der Waals surface area contributed by atoms with Crippen LogP contribution in [0.1, 0.15) is 47.3 Å². The van der Waals surface area contributed by atoms with Gasteiger partial charge in [-0.15, -0.1) is 0 Å². The molecule has 1 fully saturated rings. The highest BCUT2D eigenvalue weighted by Gasteiger charge is 2.24. The summed E-state index contributed by atoms with van der Waals surface area (Å²) in [6, 6.07) is 9.18. The minimum atomic E-state index is -0.0660.